The number of aldehydes is 1. The van der Waals surface area contributed by atoms with Gasteiger partial charge < -0.3 is 38.0 Å². The van der Waals surface area contributed by atoms with Crippen LogP contribution in [-0.4, -0.2) is 95.5 Å². The summed E-state index contributed by atoms with van der Waals surface area (Å²) in [5, 5.41) is 0. The van der Waals surface area contributed by atoms with E-state index < -0.39 is 0 Å². The van der Waals surface area contributed by atoms with Gasteiger partial charge in [-0.2, -0.15) is 0 Å². The number of unbranched alkanes of at least 4 members (excludes halogenated alkanes) is 23. The first-order valence-electron chi connectivity index (χ1n) is 35.7. The number of carbonyl (C=O) groups is 7. The second-order valence-corrected chi connectivity index (χ2v) is 23.4. The summed E-state index contributed by atoms with van der Waals surface area (Å²) in [7, 11) is 1.58. The molecule has 14 nitrogen and oxygen atoms in total. The maximum absolute atomic E-state index is 12.0. The Morgan fingerprint density at radius 1 is 0.333 bits per heavy atom. The van der Waals surface area contributed by atoms with Gasteiger partial charge in [-0.25, -0.2) is 0 Å². The highest BCUT2D eigenvalue weighted by atomic mass is 16.6. The molecule has 0 aliphatic carbocycles. The molecule has 87 heavy (non-hydrogen) atoms. The van der Waals surface area contributed by atoms with Gasteiger partial charge in [0.15, 0.2) is 0 Å². The van der Waals surface area contributed by atoms with Crippen molar-refractivity contribution in [3.63, 3.8) is 0 Å². The molecule has 522 valence electrons. The van der Waals surface area contributed by atoms with Crippen LogP contribution in [0.1, 0.15) is 355 Å². The van der Waals surface area contributed by atoms with Crippen molar-refractivity contribution in [2.24, 2.45) is 23.7 Å². The molecule has 1 unspecified atom stereocenters. The van der Waals surface area contributed by atoms with Crippen molar-refractivity contribution < 1.29 is 66.7 Å². The Kier molecular flexibility index (Phi) is 96.7. The summed E-state index contributed by atoms with van der Waals surface area (Å²) in [5.74, 6) is -0.620. The first kappa shape index (κ1) is 97.1. The van der Waals surface area contributed by atoms with Gasteiger partial charge in [0.2, 0.25) is 0 Å². The van der Waals surface area contributed by atoms with Gasteiger partial charge in [-0.05, 0) is 56.8 Å². The molecule has 0 radical (unpaired) electrons. The standard InChI is InChI=1S/C26H48O6.C20H38O5.C9H18O.C7H16.C5H10O2.C4H10.C2H6/c1-4-7-9-11-13-15-17-24(27)31-21-23(20-26(29)30-19-6-3)22-32-25(28)18-16-14-12-10-8-5-2;1-5-6-7-8-9-10-11-19(21)25-16-18(15-23-4)14-20(22)24-13-12-17(2)3;1-2-3-4-5-6-7-8-9-10;1-4-5-6-7(2)3;1-3-4-7-5(2)6;1-3-4-2;1-2/h23H,4-22H2,1-3H3;17-18H,5-16H2,1-4H3;9H,2-8H2,1H3;7H,4-6H2,1-3H3;3-4H2,1-2H3;3-4H2,1-2H3;1-2H3. The van der Waals surface area contributed by atoms with Crippen molar-refractivity contribution in [1.29, 1.82) is 0 Å². The summed E-state index contributed by atoms with van der Waals surface area (Å²) in [6, 6.07) is 0. The lowest BCUT2D eigenvalue weighted by Gasteiger charge is -2.17. The number of hydrogen-bond acceptors (Lipinski definition) is 14. The summed E-state index contributed by atoms with van der Waals surface area (Å²) in [5.41, 5.74) is 0. The zero-order valence-corrected chi connectivity index (χ0v) is 60.4. The van der Waals surface area contributed by atoms with Crippen LogP contribution in [0.3, 0.4) is 0 Å². The van der Waals surface area contributed by atoms with E-state index in [1.165, 1.54) is 135 Å². The van der Waals surface area contributed by atoms with E-state index in [0.29, 0.717) is 51.6 Å². The zero-order valence-electron chi connectivity index (χ0n) is 60.4. The van der Waals surface area contributed by atoms with Crippen LogP contribution in [0.15, 0.2) is 0 Å². The molecule has 0 aromatic heterocycles. The SMILES string of the molecule is CC.CCCC.CCCCC(C)C.CCCCCCCCC(=O)OCC(COC(=O)CCCCCCCC)CC(=O)OCCC.CCCCCCCCC(=O)OCC(COC)CC(=O)OCCC(C)C.CCCCCCCCC=O.CCCOC(C)=O. The highest BCUT2D eigenvalue weighted by Gasteiger charge is 2.20. The molecular weight excluding hydrogens is 1100 g/mol. The first-order chi connectivity index (χ1) is 41.9. The fraction of sp³-hybridized carbons (Fsp3) is 0.904. The van der Waals surface area contributed by atoms with E-state index in [1.807, 2.05) is 27.7 Å². The Balaban J connectivity index is -0.000000202. The van der Waals surface area contributed by atoms with Crippen molar-refractivity contribution >= 4 is 42.1 Å². The molecule has 0 N–H and O–H groups in total. The maximum atomic E-state index is 12.0. The van der Waals surface area contributed by atoms with Gasteiger partial charge in [0, 0.05) is 51.6 Å². The van der Waals surface area contributed by atoms with Crippen LogP contribution in [-0.2, 0) is 66.7 Å². The quantitative estimate of drug-likeness (QED) is 0.0242. The Bertz CT molecular complexity index is 1370. The molecule has 14 heteroatoms. The third-order valence-corrected chi connectivity index (χ3v) is 13.2. The average Bonchev–Trinajstić information content (AvgIpc) is 3.58. The number of rotatable bonds is 51. The van der Waals surface area contributed by atoms with Crippen LogP contribution in [0, 0.1) is 23.7 Å². The average molecular weight is 1250 g/mol. The monoisotopic (exact) mass is 1250 g/mol. The van der Waals surface area contributed by atoms with Crippen molar-refractivity contribution in [3.05, 3.63) is 0 Å². The topological polar surface area (TPSA) is 184 Å². The predicted molar refractivity (Wildman–Crippen MR) is 364 cm³/mol. The molecule has 0 saturated carbocycles. The van der Waals surface area contributed by atoms with E-state index in [2.05, 4.69) is 80.9 Å². The van der Waals surface area contributed by atoms with Crippen LogP contribution in [0.5, 0.6) is 0 Å². The Morgan fingerprint density at radius 2 is 0.644 bits per heavy atom. The molecule has 0 aliphatic heterocycles. The molecule has 0 fully saturated rings. The van der Waals surface area contributed by atoms with E-state index >= 15 is 0 Å². The van der Waals surface area contributed by atoms with Crippen LogP contribution in [0.2, 0.25) is 0 Å². The Hall–Kier alpha value is -3.55. The number of carbonyl (C=O) groups excluding carboxylic acids is 7. The Labute approximate surface area is 538 Å². The van der Waals surface area contributed by atoms with Crippen molar-refractivity contribution in [2.45, 2.75) is 355 Å². The predicted octanol–water partition coefficient (Wildman–Crippen LogP) is 20.6. The molecule has 0 spiro atoms. The van der Waals surface area contributed by atoms with Crippen LogP contribution < -0.4 is 0 Å². The van der Waals surface area contributed by atoms with Gasteiger partial charge in [-0.15, -0.1) is 0 Å². The lowest BCUT2D eigenvalue weighted by molar-refractivity contribution is -0.154. The van der Waals surface area contributed by atoms with E-state index in [4.69, 9.17) is 28.4 Å². The van der Waals surface area contributed by atoms with Crippen molar-refractivity contribution in [3.8, 4) is 0 Å². The molecule has 0 rings (SSSR count). The van der Waals surface area contributed by atoms with Crippen LogP contribution in [0.25, 0.3) is 0 Å². The molecule has 0 amide bonds. The van der Waals surface area contributed by atoms with Gasteiger partial charge in [0.1, 0.15) is 6.29 Å². The van der Waals surface area contributed by atoms with Gasteiger partial charge in [0.25, 0.3) is 0 Å². The minimum atomic E-state index is -0.374. The van der Waals surface area contributed by atoms with Gasteiger partial charge in [0.05, 0.1) is 59.1 Å². The summed E-state index contributed by atoms with van der Waals surface area (Å²) in [4.78, 5) is 79.6. The molecule has 0 heterocycles. The fourth-order valence-corrected chi connectivity index (χ4v) is 7.65. The number of methoxy groups -OCH3 is 1. The normalized spacial score (nSPS) is 10.5. The van der Waals surface area contributed by atoms with Gasteiger partial charge in [-0.3, -0.25) is 28.8 Å². The van der Waals surface area contributed by atoms with Gasteiger partial charge in [-0.1, -0.05) is 264 Å². The largest absolute Gasteiger partial charge is 0.466 e. The number of esters is 6. The van der Waals surface area contributed by atoms with Gasteiger partial charge >= 0.3 is 35.8 Å². The van der Waals surface area contributed by atoms with Crippen molar-refractivity contribution in [2.75, 3.05) is 53.4 Å². The lowest BCUT2D eigenvalue weighted by atomic mass is 10.1. The van der Waals surface area contributed by atoms with Crippen LogP contribution >= 0.6 is 0 Å². The van der Waals surface area contributed by atoms with E-state index in [1.54, 1.807) is 7.11 Å². The molecule has 0 bridgehead atoms. The maximum Gasteiger partial charge on any atom is 0.306 e. The minimum absolute atomic E-state index is 0.0696. The fourth-order valence-electron chi connectivity index (χ4n) is 7.65. The molecule has 0 saturated heterocycles. The smallest absolute Gasteiger partial charge is 0.306 e. The highest BCUT2D eigenvalue weighted by Crippen LogP contribution is 2.15. The molecule has 0 aromatic carbocycles. The molecular formula is C73H146O14. The summed E-state index contributed by atoms with van der Waals surface area (Å²) < 4.78 is 36.1. The first-order valence-corrected chi connectivity index (χ1v) is 35.7. The Morgan fingerprint density at radius 3 is 0.920 bits per heavy atom. The second-order valence-electron chi connectivity index (χ2n) is 23.4. The molecule has 1 atom stereocenters. The molecule has 0 aromatic rings. The number of hydrogen-bond donors (Lipinski definition) is 0. The second kappa shape index (κ2) is 86.7. The van der Waals surface area contributed by atoms with E-state index in [-0.39, 0.29) is 80.3 Å². The summed E-state index contributed by atoms with van der Waals surface area (Å²) in [6.45, 7) is 35.5. The van der Waals surface area contributed by atoms with E-state index in [9.17, 15) is 33.6 Å². The lowest BCUT2D eigenvalue weighted by Crippen LogP contribution is -2.24. The third kappa shape index (κ3) is 102. The zero-order chi connectivity index (χ0) is 67.3. The summed E-state index contributed by atoms with van der Waals surface area (Å²) >= 11 is 0. The molecule has 0 aliphatic rings. The third-order valence-electron chi connectivity index (χ3n) is 13.2. The highest BCUT2D eigenvalue weighted by molar-refractivity contribution is 5.72. The summed E-state index contributed by atoms with van der Waals surface area (Å²) in [6.07, 6.45) is 40.3. The van der Waals surface area contributed by atoms with Crippen LogP contribution in [0.4, 0.5) is 0 Å². The van der Waals surface area contributed by atoms with E-state index in [0.717, 1.165) is 95.7 Å². The number of ether oxygens (including phenoxy) is 7. The van der Waals surface area contributed by atoms with Crippen molar-refractivity contribution in [1.82, 2.24) is 0 Å². The minimum Gasteiger partial charge on any atom is -0.466 e.